The van der Waals surface area contributed by atoms with Crippen LogP contribution in [0.4, 0.5) is 0 Å². The first-order valence-corrected chi connectivity index (χ1v) is 1.80. The van der Waals surface area contributed by atoms with Crippen LogP contribution in [0, 0.1) is 40.4 Å². The SMILES string of the molecule is OP(O)O.[Pm]. The minimum absolute atomic E-state index is 0. The van der Waals surface area contributed by atoms with Crippen LogP contribution in [0.2, 0.25) is 0 Å². The molecule has 0 aliphatic rings. The van der Waals surface area contributed by atoms with Crippen LogP contribution in [0.15, 0.2) is 0 Å². The third-order valence-electron chi connectivity index (χ3n) is 0. The van der Waals surface area contributed by atoms with E-state index in [1.807, 2.05) is 0 Å². The molecule has 0 bridgehead atoms. The van der Waals surface area contributed by atoms with Gasteiger partial charge in [-0.2, -0.15) is 0 Å². The van der Waals surface area contributed by atoms with Gasteiger partial charge in [0.25, 0.3) is 0 Å². The van der Waals surface area contributed by atoms with Crippen LogP contribution in [-0.4, -0.2) is 14.7 Å². The second-order valence-electron chi connectivity index (χ2n) is 0.268. The van der Waals surface area contributed by atoms with Crippen molar-refractivity contribution in [3.63, 3.8) is 0 Å². The molecule has 0 spiro atoms. The number of rotatable bonds is 0. The Bertz CT molecular complexity index is 11.6. The monoisotopic (exact) mass is 227 g/mol. The molecule has 0 aromatic carbocycles. The van der Waals surface area contributed by atoms with Gasteiger partial charge >= 0.3 is 8.60 Å². The van der Waals surface area contributed by atoms with Gasteiger partial charge in [-0.05, 0) is 0 Å². The molecule has 3 N–H and O–H groups in total. The Morgan fingerprint density at radius 3 is 1.00 bits per heavy atom. The summed E-state index contributed by atoms with van der Waals surface area (Å²) in [7, 11) is -2.62. The maximum Gasteiger partial charge on any atom is 0.324 e. The van der Waals surface area contributed by atoms with Crippen molar-refractivity contribution in [3.8, 4) is 0 Å². The number of hydrogen-bond acceptors (Lipinski definition) is 3. The minimum Gasteiger partial charge on any atom is -0.328 e. The maximum absolute atomic E-state index is 7.23. The van der Waals surface area contributed by atoms with E-state index >= 15 is 0 Å². The quantitative estimate of drug-likeness (QED) is 0.474. The fraction of sp³-hybridized carbons (Fsp3) is 0. The second kappa shape index (κ2) is 5.65. The van der Waals surface area contributed by atoms with E-state index in [0.717, 1.165) is 0 Å². The molecule has 0 aromatic heterocycles. The zero-order chi connectivity index (χ0) is 3.58. The summed E-state index contributed by atoms with van der Waals surface area (Å²) in [6.07, 6.45) is 0. The van der Waals surface area contributed by atoms with Gasteiger partial charge in [0, 0.05) is 40.4 Å². The van der Waals surface area contributed by atoms with Gasteiger partial charge < -0.3 is 14.7 Å². The Balaban J connectivity index is 0. The van der Waals surface area contributed by atoms with Crippen molar-refractivity contribution in [1.29, 1.82) is 0 Å². The molecule has 0 atom stereocenters. The molecule has 31 valence electrons. The van der Waals surface area contributed by atoms with Crippen molar-refractivity contribution >= 4 is 8.60 Å². The molecular weight excluding hydrogens is 224 g/mol. The maximum atomic E-state index is 7.23. The summed E-state index contributed by atoms with van der Waals surface area (Å²) < 4.78 is 0. The predicted molar refractivity (Wildman–Crippen MR) is 13.6 cm³/mol. The van der Waals surface area contributed by atoms with Crippen molar-refractivity contribution < 1.29 is 55.1 Å². The molecule has 5 heavy (non-hydrogen) atoms. The topological polar surface area (TPSA) is 60.7 Å². The molecule has 0 saturated carbocycles. The average molecular weight is 227 g/mol. The zero-order valence-corrected chi connectivity index (χ0v) is 6.00. The summed E-state index contributed by atoms with van der Waals surface area (Å²) in [6.45, 7) is 0. The summed E-state index contributed by atoms with van der Waals surface area (Å²) in [5.74, 6) is 0. The van der Waals surface area contributed by atoms with Crippen LogP contribution in [0.1, 0.15) is 0 Å². The first-order chi connectivity index (χ1) is 1.73. The van der Waals surface area contributed by atoms with Crippen molar-refractivity contribution in [3.05, 3.63) is 0 Å². The van der Waals surface area contributed by atoms with Gasteiger partial charge in [0.05, 0.1) is 0 Å². The van der Waals surface area contributed by atoms with Crippen LogP contribution in [0.5, 0.6) is 0 Å². The van der Waals surface area contributed by atoms with E-state index in [1.54, 1.807) is 0 Å². The van der Waals surface area contributed by atoms with Crippen molar-refractivity contribution in [2.24, 2.45) is 0 Å². The Hall–Kier alpha value is 1.65. The average Bonchev–Trinajstić information content (AvgIpc) is 0.811. The van der Waals surface area contributed by atoms with E-state index in [1.165, 1.54) is 0 Å². The first kappa shape index (κ1) is 9.82. The molecule has 0 aliphatic carbocycles. The molecule has 0 unspecified atom stereocenters. The first-order valence-electron chi connectivity index (χ1n) is 0.600. The minimum atomic E-state index is -2.62. The van der Waals surface area contributed by atoms with Crippen LogP contribution in [0.3, 0.4) is 0 Å². The van der Waals surface area contributed by atoms with Gasteiger partial charge in [0.2, 0.25) is 0 Å². The molecular formula is H3O3PPm. The summed E-state index contributed by atoms with van der Waals surface area (Å²) in [4.78, 5) is 21.7. The van der Waals surface area contributed by atoms with Crippen LogP contribution in [0.25, 0.3) is 0 Å². The molecule has 1 radical (unpaired) electrons. The fourth-order valence-corrected chi connectivity index (χ4v) is 0. The normalized spacial score (nSPS) is 7.20. The van der Waals surface area contributed by atoms with Gasteiger partial charge in [0.15, 0.2) is 0 Å². The molecule has 0 saturated heterocycles. The van der Waals surface area contributed by atoms with Crippen molar-refractivity contribution in [2.45, 2.75) is 0 Å². The van der Waals surface area contributed by atoms with E-state index < -0.39 is 8.60 Å². The number of hydrogen-bond donors (Lipinski definition) is 3. The molecule has 3 nitrogen and oxygen atoms in total. The van der Waals surface area contributed by atoms with Gasteiger partial charge in [-0.15, -0.1) is 0 Å². The van der Waals surface area contributed by atoms with Gasteiger partial charge in [-0.1, -0.05) is 0 Å². The van der Waals surface area contributed by atoms with Crippen LogP contribution >= 0.6 is 8.60 Å². The van der Waals surface area contributed by atoms with E-state index in [0.29, 0.717) is 0 Å². The molecule has 0 amide bonds. The van der Waals surface area contributed by atoms with Gasteiger partial charge in [-0.25, -0.2) is 0 Å². The summed E-state index contributed by atoms with van der Waals surface area (Å²) >= 11 is 0. The summed E-state index contributed by atoms with van der Waals surface area (Å²) in [6, 6.07) is 0. The molecule has 0 aliphatic heterocycles. The molecule has 0 fully saturated rings. The third kappa shape index (κ3) is 27.7. The molecule has 0 aromatic rings. The third-order valence-corrected chi connectivity index (χ3v) is 0. The largest absolute Gasteiger partial charge is 0.328 e. The van der Waals surface area contributed by atoms with Gasteiger partial charge in [0.1, 0.15) is 0 Å². The summed E-state index contributed by atoms with van der Waals surface area (Å²) in [5.41, 5.74) is 0. The summed E-state index contributed by atoms with van der Waals surface area (Å²) in [5, 5.41) is 0. The molecule has 0 rings (SSSR count). The smallest absolute Gasteiger partial charge is 0.324 e. The van der Waals surface area contributed by atoms with Crippen molar-refractivity contribution in [2.75, 3.05) is 0 Å². The van der Waals surface area contributed by atoms with E-state index in [9.17, 15) is 0 Å². The Labute approximate surface area is 63.1 Å². The fourth-order valence-electron chi connectivity index (χ4n) is 0. The Morgan fingerprint density at radius 2 is 1.00 bits per heavy atom. The van der Waals surface area contributed by atoms with Crippen molar-refractivity contribution in [1.82, 2.24) is 0 Å². The molecule has 5 heteroatoms. The Kier molecular flexibility index (Phi) is 11.1. The van der Waals surface area contributed by atoms with Crippen LogP contribution in [-0.2, 0) is 0 Å². The second-order valence-corrected chi connectivity index (χ2v) is 0.805. The van der Waals surface area contributed by atoms with Crippen LogP contribution < -0.4 is 0 Å². The Morgan fingerprint density at radius 1 is 1.00 bits per heavy atom. The van der Waals surface area contributed by atoms with Gasteiger partial charge in [-0.3, -0.25) is 0 Å². The standard InChI is InChI=1S/H3O3P.Pm/c1-4(2)3;/h1-3H;. The predicted octanol–water partition coefficient (Wildman–Crippen LogP) is -0.810. The van der Waals surface area contributed by atoms with E-state index in [4.69, 9.17) is 14.7 Å². The van der Waals surface area contributed by atoms with E-state index in [2.05, 4.69) is 0 Å². The zero-order valence-electron chi connectivity index (χ0n) is 2.24. The van der Waals surface area contributed by atoms with E-state index in [-0.39, 0.29) is 40.4 Å². The molecule has 0 heterocycles.